The highest BCUT2D eigenvalue weighted by Gasteiger charge is 2.09. The van der Waals surface area contributed by atoms with E-state index in [1.54, 1.807) is 6.07 Å². The molecule has 13 heavy (non-hydrogen) atoms. The second-order valence-corrected chi connectivity index (χ2v) is 3.43. The standard InChI is InChI=1S/C10H14ClNO/c1-3-8-6(2)10(11)9(12)4-7(8)5-13/h4,13H,3,5,12H2,1-2H3. The van der Waals surface area contributed by atoms with Crippen LogP contribution in [0.25, 0.3) is 0 Å². The normalized spacial score (nSPS) is 10.5. The van der Waals surface area contributed by atoms with Gasteiger partial charge in [-0.15, -0.1) is 0 Å². The van der Waals surface area contributed by atoms with Crippen LogP contribution >= 0.6 is 11.6 Å². The van der Waals surface area contributed by atoms with Crippen LogP contribution in [0.1, 0.15) is 23.6 Å². The molecule has 0 atom stereocenters. The van der Waals surface area contributed by atoms with Crippen molar-refractivity contribution in [2.45, 2.75) is 26.9 Å². The van der Waals surface area contributed by atoms with Crippen LogP contribution in [0.2, 0.25) is 5.02 Å². The van der Waals surface area contributed by atoms with Crippen LogP contribution in [-0.4, -0.2) is 5.11 Å². The van der Waals surface area contributed by atoms with Gasteiger partial charge in [0.05, 0.1) is 17.3 Å². The van der Waals surface area contributed by atoms with E-state index in [-0.39, 0.29) is 6.61 Å². The number of nitrogens with two attached hydrogens (primary N) is 1. The summed E-state index contributed by atoms with van der Waals surface area (Å²) in [6, 6.07) is 1.74. The maximum absolute atomic E-state index is 9.09. The van der Waals surface area contributed by atoms with Crippen LogP contribution in [0.15, 0.2) is 6.07 Å². The van der Waals surface area contributed by atoms with Gasteiger partial charge in [0.25, 0.3) is 0 Å². The first kappa shape index (κ1) is 10.4. The minimum atomic E-state index is 0.0192. The van der Waals surface area contributed by atoms with Gasteiger partial charge in [-0.3, -0.25) is 0 Å². The van der Waals surface area contributed by atoms with E-state index in [1.807, 2.05) is 13.8 Å². The molecular weight excluding hydrogens is 186 g/mol. The summed E-state index contributed by atoms with van der Waals surface area (Å²) in [5, 5.41) is 9.70. The van der Waals surface area contributed by atoms with E-state index < -0.39 is 0 Å². The summed E-state index contributed by atoms with van der Waals surface area (Å²) >= 11 is 5.98. The van der Waals surface area contributed by atoms with Crippen molar-refractivity contribution >= 4 is 17.3 Å². The van der Waals surface area contributed by atoms with Gasteiger partial charge in [0.2, 0.25) is 0 Å². The van der Waals surface area contributed by atoms with E-state index in [1.165, 1.54) is 0 Å². The molecule has 3 N–H and O–H groups in total. The summed E-state index contributed by atoms with van der Waals surface area (Å²) in [4.78, 5) is 0. The Bertz CT molecular complexity index is 323. The molecule has 0 aromatic heterocycles. The topological polar surface area (TPSA) is 46.2 Å². The maximum atomic E-state index is 9.09. The SMILES string of the molecule is CCc1c(CO)cc(N)c(Cl)c1C. The van der Waals surface area contributed by atoms with Crippen LogP contribution in [0.4, 0.5) is 5.69 Å². The van der Waals surface area contributed by atoms with Crippen molar-refractivity contribution in [1.82, 2.24) is 0 Å². The Morgan fingerprint density at radius 3 is 2.62 bits per heavy atom. The fraction of sp³-hybridized carbons (Fsp3) is 0.400. The molecular formula is C10H14ClNO. The molecule has 0 bridgehead atoms. The number of hydrogen-bond donors (Lipinski definition) is 2. The summed E-state index contributed by atoms with van der Waals surface area (Å²) < 4.78 is 0. The minimum absolute atomic E-state index is 0.0192. The molecule has 1 aromatic carbocycles. The van der Waals surface area contributed by atoms with E-state index in [2.05, 4.69) is 0 Å². The number of aliphatic hydroxyl groups excluding tert-OH is 1. The largest absolute Gasteiger partial charge is 0.398 e. The first-order valence-corrected chi connectivity index (χ1v) is 4.66. The molecule has 0 aliphatic heterocycles. The quantitative estimate of drug-likeness (QED) is 0.718. The second-order valence-electron chi connectivity index (χ2n) is 3.05. The molecule has 0 radical (unpaired) electrons. The fourth-order valence-corrected chi connectivity index (χ4v) is 1.73. The first-order chi connectivity index (χ1) is 6.11. The van der Waals surface area contributed by atoms with Crippen LogP contribution in [-0.2, 0) is 13.0 Å². The number of aliphatic hydroxyl groups is 1. The monoisotopic (exact) mass is 199 g/mol. The zero-order valence-corrected chi connectivity index (χ0v) is 8.65. The van der Waals surface area contributed by atoms with Gasteiger partial charge in [-0.1, -0.05) is 18.5 Å². The molecule has 1 aromatic rings. The second kappa shape index (κ2) is 3.99. The molecule has 0 heterocycles. The van der Waals surface area contributed by atoms with Gasteiger partial charge in [0.1, 0.15) is 0 Å². The van der Waals surface area contributed by atoms with Crippen molar-refractivity contribution in [2.75, 3.05) is 5.73 Å². The number of nitrogen functional groups attached to an aromatic ring is 1. The molecule has 72 valence electrons. The number of hydrogen-bond acceptors (Lipinski definition) is 2. The van der Waals surface area contributed by atoms with E-state index in [0.717, 1.165) is 23.1 Å². The van der Waals surface area contributed by atoms with Gasteiger partial charge in [-0.2, -0.15) is 0 Å². The summed E-state index contributed by atoms with van der Waals surface area (Å²) in [6.45, 7) is 3.98. The summed E-state index contributed by atoms with van der Waals surface area (Å²) in [5.74, 6) is 0. The Balaban J connectivity index is 3.39. The number of benzene rings is 1. The highest BCUT2D eigenvalue weighted by Crippen LogP contribution is 2.29. The predicted molar refractivity (Wildman–Crippen MR) is 55.9 cm³/mol. The average Bonchev–Trinajstić information content (AvgIpc) is 2.13. The summed E-state index contributed by atoms with van der Waals surface area (Å²) in [6.07, 6.45) is 0.863. The van der Waals surface area contributed by atoms with Gasteiger partial charge in [-0.25, -0.2) is 0 Å². The lowest BCUT2D eigenvalue weighted by molar-refractivity contribution is 0.280. The van der Waals surface area contributed by atoms with Crippen molar-refractivity contribution < 1.29 is 5.11 Å². The molecule has 2 nitrogen and oxygen atoms in total. The Labute approximate surface area is 83.3 Å². The van der Waals surface area contributed by atoms with Crippen molar-refractivity contribution in [3.05, 3.63) is 27.8 Å². The summed E-state index contributed by atoms with van der Waals surface area (Å²) in [7, 11) is 0. The van der Waals surface area contributed by atoms with Crippen molar-refractivity contribution in [2.24, 2.45) is 0 Å². The molecule has 0 aliphatic carbocycles. The Hall–Kier alpha value is -0.730. The Morgan fingerprint density at radius 1 is 1.54 bits per heavy atom. The number of rotatable bonds is 2. The third kappa shape index (κ3) is 1.79. The Kier molecular flexibility index (Phi) is 3.17. The van der Waals surface area contributed by atoms with Gasteiger partial charge in [0, 0.05) is 0 Å². The zero-order chi connectivity index (χ0) is 10.0. The number of anilines is 1. The Morgan fingerprint density at radius 2 is 2.15 bits per heavy atom. The van der Waals surface area contributed by atoms with Crippen LogP contribution in [0.5, 0.6) is 0 Å². The van der Waals surface area contributed by atoms with E-state index >= 15 is 0 Å². The molecule has 0 fully saturated rings. The molecule has 0 saturated heterocycles. The third-order valence-corrected chi connectivity index (χ3v) is 2.78. The van der Waals surface area contributed by atoms with E-state index in [4.69, 9.17) is 22.4 Å². The fourth-order valence-electron chi connectivity index (χ4n) is 1.56. The van der Waals surface area contributed by atoms with Gasteiger partial charge < -0.3 is 10.8 Å². The van der Waals surface area contributed by atoms with Crippen LogP contribution in [0, 0.1) is 6.92 Å². The molecule has 0 aliphatic rings. The average molecular weight is 200 g/mol. The lowest BCUT2D eigenvalue weighted by atomic mass is 9.99. The predicted octanol–water partition coefficient (Wildman–Crippen LogP) is 2.29. The van der Waals surface area contributed by atoms with Gasteiger partial charge in [0.15, 0.2) is 0 Å². The van der Waals surface area contributed by atoms with Crippen molar-refractivity contribution in [1.29, 1.82) is 0 Å². The minimum Gasteiger partial charge on any atom is -0.398 e. The van der Waals surface area contributed by atoms with Crippen molar-refractivity contribution in [3.8, 4) is 0 Å². The number of halogens is 1. The van der Waals surface area contributed by atoms with Crippen LogP contribution in [0.3, 0.4) is 0 Å². The van der Waals surface area contributed by atoms with Crippen molar-refractivity contribution in [3.63, 3.8) is 0 Å². The maximum Gasteiger partial charge on any atom is 0.0685 e. The third-order valence-electron chi connectivity index (χ3n) is 2.28. The first-order valence-electron chi connectivity index (χ1n) is 4.29. The van der Waals surface area contributed by atoms with Gasteiger partial charge >= 0.3 is 0 Å². The molecule has 0 saturated carbocycles. The highest BCUT2D eigenvalue weighted by molar-refractivity contribution is 6.34. The van der Waals surface area contributed by atoms with Crippen LogP contribution < -0.4 is 5.73 Å². The lowest BCUT2D eigenvalue weighted by Crippen LogP contribution is -2.00. The molecule has 3 heteroatoms. The zero-order valence-electron chi connectivity index (χ0n) is 7.89. The van der Waals surface area contributed by atoms with E-state index in [0.29, 0.717) is 10.7 Å². The smallest absolute Gasteiger partial charge is 0.0685 e. The van der Waals surface area contributed by atoms with E-state index in [9.17, 15) is 0 Å². The molecule has 1 rings (SSSR count). The molecule has 0 unspecified atom stereocenters. The molecule has 0 spiro atoms. The molecule has 0 amide bonds. The highest BCUT2D eigenvalue weighted by atomic mass is 35.5. The lowest BCUT2D eigenvalue weighted by Gasteiger charge is -2.12. The summed E-state index contributed by atoms with van der Waals surface area (Å²) in [5.41, 5.74) is 9.18. The van der Waals surface area contributed by atoms with Gasteiger partial charge in [-0.05, 0) is 36.1 Å².